The highest BCUT2D eigenvalue weighted by Gasteiger charge is 2.12. The molecule has 0 saturated carbocycles. The molecule has 0 aliphatic carbocycles. The SMILES string of the molecule is O=C(COC(=O)CNC(=O)c1cccc(Br)c1)Nc1ccccc1Cl. The molecule has 2 aromatic carbocycles. The van der Waals surface area contributed by atoms with E-state index < -0.39 is 24.4 Å². The minimum absolute atomic E-state index is 0.343. The zero-order valence-corrected chi connectivity index (χ0v) is 15.3. The van der Waals surface area contributed by atoms with Gasteiger partial charge in [-0.2, -0.15) is 0 Å². The first-order valence-corrected chi connectivity index (χ1v) is 8.36. The van der Waals surface area contributed by atoms with Crippen molar-refractivity contribution in [3.8, 4) is 0 Å². The van der Waals surface area contributed by atoms with Gasteiger partial charge in [-0.05, 0) is 30.3 Å². The van der Waals surface area contributed by atoms with Gasteiger partial charge < -0.3 is 15.4 Å². The summed E-state index contributed by atoms with van der Waals surface area (Å²) in [6.07, 6.45) is 0. The van der Waals surface area contributed by atoms with Crippen LogP contribution in [-0.2, 0) is 14.3 Å². The number of para-hydroxylation sites is 1. The van der Waals surface area contributed by atoms with Crippen LogP contribution in [0.3, 0.4) is 0 Å². The molecular weight excluding hydrogens is 412 g/mol. The van der Waals surface area contributed by atoms with Crippen LogP contribution in [0.15, 0.2) is 53.0 Å². The molecule has 6 nitrogen and oxygen atoms in total. The van der Waals surface area contributed by atoms with Crippen LogP contribution in [0.4, 0.5) is 5.69 Å². The first kappa shape index (κ1) is 19.0. The van der Waals surface area contributed by atoms with E-state index in [1.165, 1.54) is 0 Å². The number of carbonyl (C=O) groups is 3. The monoisotopic (exact) mass is 424 g/mol. The summed E-state index contributed by atoms with van der Waals surface area (Å²) in [5.41, 5.74) is 0.826. The van der Waals surface area contributed by atoms with Crippen molar-refractivity contribution in [2.45, 2.75) is 0 Å². The van der Waals surface area contributed by atoms with Gasteiger partial charge in [-0.25, -0.2) is 0 Å². The Labute approximate surface area is 157 Å². The van der Waals surface area contributed by atoms with E-state index in [2.05, 4.69) is 26.6 Å². The number of esters is 1. The Morgan fingerprint density at radius 3 is 2.56 bits per heavy atom. The Kier molecular flexibility index (Phi) is 6.97. The van der Waals surface area contributed by atoms with Crippen LogP contribution in [0.25, 0.3) is 0 Å². The van der Waals surface area contributed by atoms with E-state index in [9.17, 15) is 14.4 Å². The van der Waals surface area contributed by atoms with Gasteiger partial charge in [-0.3, -0.25) is 14.4 Å². The lowest BCUT2D eigenvalue weighted by atomic mass is 10.2. The molecule has 130 valence electrons. The minimum atomic E-state index is -0.724. The van der Waals surface area contributed by atoms with Gasteiger partial charge in [0.2, 0.25) is 0 Å². The molecule has 0 bridgehead atoms. The van der Waals surface area contributed by atoms with Crippen molar-refractivity contribution in [1.82, 2.24) is 5.32 Å². The first-order chi connectivity index (χ1) is 12.0. The number of nitrogens with one attached hydrogen (secondary N) is 2. The molecule has 0 spiro atoms. The average Bonchev–Trinajstić information content (AvgIpc) is 2.60. The lowest BCUT2D eigenvalue weighted by Gasteiger charge is -2.08. The molecule has 0 aliphatic heterocycles. The van der Waals surface area contributed by atoms with Crippen LogP contribution in [0.2, 0.25) is 5.02 Å². The third kappa shape index (κ3) is 6.21. The fourth-order valence-corrected chi connectivity index (χ4v) is 2.41. The summed E-state index contributed by atoms with van der Waals surface area (Å²) in [6.45, 7) is -0.818. The van der Waals surface area contributed by atoms with Gasteiger partial charge in [0.25, 0.3) is 11.8 Å². The van der Waals surface area contributed by atoms with Gasteiger partial charge in [0.05, 0.1) is 10.7 Å². The van der Waals surface area contributed by atoms with Crippen LogP contribution in [0.5, 0.6) is 0 Å². The second kappa shape index (κ2) is 9.19. The molecule has 0 fully saturated rings. The molecule has 2 amide bonds. The number of ether oxygens (including phenoxy) is 1. The van der Waals surface area contributed by atoms with Gasteiger partial charge in [-0.1, -0.05) is 45.7 Å². The summed E-state index contributed by atoms with van der Waals surface area (Å²) in [7, 11) is 0. The number of rotatable bonds is 6. The van der Waals surface area contributed by atoms with Crippen LogP contribution in [-0.4, -0.2) is 30.9 Å². The number of carbonyl (C=O) groups excluding carboxylic acids is 3. The molecule has 8 heteroatoms. The Morgan fingerprint density at radius 2 is 1.84 bits per heavy atom. The van der Waals surface area contributed by atoms with Gasteiger partial charge in [0.1, 0.15) is 6.54 Å². The summed E-state index contributed by atoms with van der Waals surface area (Å²) >= 11 is 9.17. The van der Waals surface area contributed by atoms with E-state index in [-0.39, 0.29) is 6.54 Å². The molecule has 0 saturated heterocycles. The first-order valence-electron chi connectivity index (χ1n) is 7.19. The Balaban J connectivity index is 1.74. The van der Waals surface area contributed by atoms with Gasteiger partial charge in [0.15, 0.2) is 6.61 Å². The number of hydrogen-bond acceptors (Lipinski definition) is 4. The molecule has 0 aromatic heterocycles. The largest absolute Gasteiger partial charge is 0.454 e. The van der Waals surface area contributed by atoms with E-state index in [0.717, 1.165) is 4.47 Å². The second-order valence-electron chi connectivity index (χ2n) is 4.88. The predicted octanol–water partition coefficient (Wildman–Crippen LogP) is 3.01. The highest BCUT2D eigenvalue weighted by atomic mass is 79.9. The topological polar surface area (TPSA) is 84.5 Å². The smallest absolute Gasteiger partial charge is 0.325 e. The highest BCUT2D eigenvalue weighted by Crippen LogP contribution is 2.20. The standard InChI is InChI=1S/C17H14BrClN2O4/c18-12-5-3-4-11(8-12)17(24)20-9-16(23)25-10-15(22)21-14-7-2-1-6-13(14)19/h1-8H,9-10H2,(H,20,24)(H,21,22). The zero-order chi connectivity index (χ0) is 18.2. The van der Waals surface area contributed by atoms with Crippen molar-refractivity contribution in [3.05, 3.63) is 63.6 Å². The van der Waals surface area contributed by atoms with Gasteiger partial charge in [0, 0.05) is 10.0 Å². The average molecular weight is 426 g/mol. The van der Waals surface area contributed by atoms with Crippen molar-refractivity contribution in [3.63, 3.8) is 0 Å². The Bertz CT molecular complexity index is 798. The molecule has 0 aliphatic rings. The van der Waals surface area contributed by atoms with E-state index >= 15 is 0 Å². The normalized spacial score (nSPS) is 10.0. The maximum atomic E-state index is 11.9. The fraction of sp³-hybridized carbons (Fsp3) is 0.118. The van der Waals surface area contributed by atoms with E-state index in [1.807, 2.05) is 0 Å². The number of halogens is 2. The number of benzene rings is 2. The molecule has 0 atom stereocenters. The van der Waals surface area contributed by atoms with Crippen molar-refractivity contribution in [1.29, 1.82) is 0 Å². The van der Waals surface area contributed by atoms with Crippen molar-refractivity contribution < 1.29 is 19.1 Å². The zero-order valence-electron chi connectivity index (χ0n) is 12.9. The summed E-state index contributed by atoms with van der Waals surface area (Å²) < 4.78 is 5.56. The maximum Gasteiger partial charge on any atom is 0.325 e. The van der Waals surface area contributed by atoms with Crippen molar-refractivity contribution >= 4 is 51.0 Å². The van der Waals surface area contributed by atoms with Gasteiger partial charge >= 0.3 is 5.97 Å². The lowest BCUT2D eigenvalue weighted by molar-refractivity contribution is -0.146. The van der Waals surface area contributed by atoms with Crippen LogP contribution >= 0.6 is 27.5 Å². The molecule has 2 N–H and O–H groups in total. The van der Waals surface area contributed by atoms with Crippen molar-refractivity contribution in [2.24, 2.45) is 0 Å². The summed E-state index contributed by atoms with van der Waals surface area (Å²) in [6, 6.07) is 13.4. The number of hydrogen-bond donors (Lipinski definition) is 2. The third-order valence-corrected chi connectivity index (χ3v) is 3.82. The molecule has 0 heterocycles. The quantitative estimate of drug-likeness (QED) is 0.697. The van der Waals surface area contributed by atoms with Crippen LogP contribution < -0.4 is 10.6 Å². The molecule has 25 heavy (non-hydrogen) atoms. The number of amides is 2. The van der Waals surface area contributed by atoms with E-state index in [0.29, 0.717) is 16.3 Å². The summed E-state index contributed by atoms with van der Waals surface area (Å²) in [5, 5.41) is 5.32. The molecule has 2 aromatic rings. The Hall–Kier alpha value is -2.38. The van der Waals surface area contributed by atoms with Crippen LogP contribution in [0.1, 0.15) is 10.4 Å². The third-order valence-electron chi connectivity index (χ3n) is 2.99. The number of anilines is 1. The molecule has 0 unspecified atom stereocenters. The van der Waals surface area contributed by atoms with Crippen molar-refractivity contribution in [2.75, 3.05) is 18.5 Å². The maximum absolute atomic E-state index is 11.9. The predicted molar refractivity (Wildman–Crippen MR) is 97.5 cm³/mol. The van der Waals surface area contributed by atoms with Crippen LogP contribution in [0, 0.1) is 0 Å². The summed E-state index contributed by atoms with van der Waals surface area (Å²) in [5.74, 6) is -1.67. The molecule has 0 radical (unpaired) electrons. The summed E-state index contributed by atoms with van der Waals surface area (Å²) in [4.78, 5) is 35.2. The second-order valence-corrected chi connectivity index (χ2v) is 6.20. The van der Waals surface area contributed by atoms with E-state index in [4.69, 9.17) is 16.3 Å². The highest BCUT2D eigenvalue weighted by molar-refractivity contribution is 9.10. The fourth-order valence-electron chi connectivity index (χ4n) is 1.83. The van der Waals surface area contributed by atoms with E-state index in [1.54, 1.807) is 48.5 Å². The Morgan fingerprint density at radius 1 is 1.08 bits per heavy atom. The minimum Gasteiger partial charge on any atom is -0.454 e. The molecule has 2 rings (SSSR count). The van der Waals surface area contributed by atoms with Gasteiger partial charge in [-0.15, -0.1) is 0 Å². The lowest BCUT2D eigenvalue weighted by Crippen LogP contribution is -2.32. The molecular formula is C17H14BrClN2O4.